The summed E-state index contributed by atoms with van der Waals surface area (Å²) in [6.45, 7) is 4.32. The molecule has 0 amide bonds. The van der Waals surface area contributed by atoms with E-state index in [4.69, 9.17) is 23.3 Å². The molecule has 1 N–H and O–H groups in total. The first-order valence-corrected chi connectivity index (χ1v) is 13.7. The highest BCUT2D eigenvalue weighted by atomic mass is 79.9. The molecule has 0 aliphatic rings. The van der Waals surface area contributed by atoms with Gasteiger partial charge >= 0.3 is 14.0 Å². The van der Waals surface area contributed by atoms with Crippen LogP contribution in [0.4, 0.5) is 4.79 Å². The van der Waals surface area contributed by atoms with Crippen molar-refractivity contribution >= 4 is 29.9 Å². The molecule has 0 bridgehead atoms. The molecular formula is C20H40BrO8P. The van der Waals surface area contributed by atoms with E-state index in [0.29, 0.717) is 11.9 Å². The van der Waals surface area contributed by atoms with E-state index in [-0.39, 0.29) is 26.4 Å². The largest absolute Gasteiger partial charge is 0.508 e. The van der Waals surface area contributed by atoms with Crippen LogP contribution < -0.4 is 0 Å². The molecule has 0 aliphatic carbocycles. The number of halogens is 1. The van der Waals surface area contributed by atoms with Crippen LogP contribution in [0, 0.1) is 0 Å². The molecule has 8 nitrogen and oxygen atoms in total. The summed E-state index contributed by atoms with van der Waals surface area (Å²) in [5.74, 6) is 0. The molecule has 30 heavy (non-hydrogen) atoms. The molecule has 0 heterocycles. The van der Waals surface area contributed by atoms with Crippen molar-refractivity contribution in [2.75, 3.05) is 38.4 Å². The predicted molar refractivity (Wildman–Crippen MR) is 120 cm³/mol. The lowest BCUT2D eigenvalue weighted by molar-refractivity contribution is -0.0362. The average Bonchev–Trinajstić information content (AvgIpc) is 2.71. The SMILES string of the molecule is CCCCCCCCCCCCOCC(COP(=O)(O)OCCBr)OC(=O)OCC. The lowest BCUT2D eigenvalue weighted by Crippen LogP contribution is -2.29. The highest BCUT2D eigenvalue weighted by molar-refractivity contribution is 9.09. The summed E-state index contributed by atoms with van der Waals surface area (Å²) >= 11 is 3.09. The van der Waals surface area contributed by atoms with Crippen molar-refractivity contribution in [3.8, 4) is 0 Å². The molecule has 0 spiro atoms. The Balaban J connectivity index is 3.98. The monoisotopic (exact) mass is 518 g/mol. The van der Waals surface area contributed by atoms with Crippen molar-refractivity contribution in [1.82, 2.24) is 0 Å². The van der Waals surface area contributed by atoms with E-state index < -0.39 is 20.1 Å². The molecule has 0 rings (SSSR count). The Bertz CT molecular complexity index is 453. The van der Waals surface area contributed by atoms with Gasteiger partial charge in [0.25, 0.3) is 0 Å². The average molecular weight is 519 g/mol. The fourth-order valence-corrected chi connectivity index (χ4v) is 3.84. The van der Waals surface area contributed by atoms with Crippen molar-refractivity contribution in [3.05, 3.63) is 0 Å². The summed E-state index contributed by atoms with van der Waals surface area (Å²) in [5.41, 5.74) is 0. The molecule has 2 atom stereocenters. The Morgan fingerprint density at radius 2 is 1.50 bits per heavy atom. The third-order valence-electron chi connectivity index (χ3n) is 4.23. The number of hydrogen-bond acceptors (Lipinski definition) is 7. The van der Waals surface area contributed by atoms with E-state index in [2.05, 4.69) is 22.9 Å². The van der Waals surface area contributed by atoms with Crippen LogP contribution in [-0.4, -0.2) is 55.5 Å². The van der Waals surface area contributed by atoms with Gasteiger partial charge in [-0.25, -0.2) is 9.36 Å². The van der Waals surface area contributed by atoms with E-state index in [1.807, 2.05) is 0 Å². The van der Waals surface area contributed by atoms with E-state index in [9.17, 15) is 14.3 Å². The molecule has 180 valence electrons. The Kier molecular flexibility index (Phi) is 20.6. The molecule has 0 aliphatic heterocycles. The zero-order valence-corrected chi connectivity index (χ0v) is 21.0. The minimum atomic E-state index is -4.21. The molecule has 0 aromatic heterocycles. The zero-order valence-electron chi connectivity index (χ0n) is 18.5. The smallest absolute Gasteiger partial charge is 0.435 e. The zero-order chi connectivity index (χ0) is 22.5. The second-order valence-electron chi connectivity index (χ2n) is 6.97. The lowest BCUT2D eigenvalue weighted by atomic mass is 10.1. The highest BCUT2D eigenvalue weighted by Crippen LogP contribution is 2.43. The molecular weight excluding hydrogens is 479 g/mol. The van der Waals surface area contributed by atoms with Crippen LogP contribution >= 0.6 is 23.8 Å². The number of phosphoric ester groups is 1. The minimum absolute atomic E-state index is 0.0203. The molecule has 0 aromatic rings. The molecule has 0 saturated heterocycles. The minimum Gasteiger partial charge on any atom is -0.435 e. The van der Waals surface area contributed by atoms with Crippen molar-refractivity contribution in [3.63, 3.8) is 0 Å². The standard InChI is InChI=1S/C20H40BrO8P/c1-3-5-6-7-8-9-10-11-12-13-15-25-17-19(29-20(22)26-4-2)18-28-30(23,24)27-16-14-21/h19H,3-18H2,1-2H3,(H,23,24). The van der Waals surface area contributed by atoms with E-state index >= 15 is 0 Å². The van der Waals surface area contributed by atoms with Gasteiger partial charge in [0.05, 0.1) is 26.4 Å². The number of alkyl halides is 1. The Morgan fingerprint density at radius 3 is 2.07 bits per heavy atom. The topological polar surface area (TPSA) is 101 Å². The summed E-state index contributed by atoms with van der Waals surface area (Å²) in [5, 5.41) is 0.394. The van der Waals surface area contributed by atoms with Crippen LogP contribution in [0.15, 0.2) is 0 Å². The first kappa shape index (κ1) is 29.8. The quantitative estimate of drug-likeness (QED) is 0.0854. The predicted octanol–water partition coefficient (Wildman–Crippen LogP) is 5.99. The van der Waals surface area contributed by atoms with E-state index in [1.54, 1.807) is 6.92 Å². The van der Waals surface area contributed by atoms with E-state index in [1.165, 1.54) is 51.4 Å². The highest BCUT2D eigenvalue weighted by Gasteiger charge is 2.25. The third kappa shape index (κ3) is 19.8. The lowest BCUT2D eigenvalue weighted by Gasteiger charge is -2.19. The molecule has 2 unspecified atom stereocenters. The molecule has 0 aromatic carbocycles. The normalized spacial score (nSPS) is 14.3. The second-order valence-corrected chi connectivity index (χ2v) is 9.21. The van der Waals surface area contributed by atoms with Crippen LogP contribution in [0.2, 0.25) is 0 Å². The number of hydrogen-bond donors (Lipinski definition) is 1. The van der Waals surface area contributed by atoms with Gasteiger partial charge in [-0.3, -0.25) is 9.05 Å². The Hall–Kier alpha value is -0.180. The number of rotatable bonds is 21. The van der Waals surface area contributed by atoms with Crippen molar-refractivity contribution in [2.24, 2.45) is 0 Å². The Labute approximate surface area is 190 Å². The van der Waals surface area contributed by atoms with Gasteiger partial charge in [0.15, 0.2) is 6.10 Å². The maximum atomic E-state index is 11.7. The molecule has 0 fully saturated rings. The van der Waals surface area contributed by atoms with Gasteiger partial charge in [-0.15, -0.1) is 0 Å². The fraction of sp³-hybridized carbons (Fsp3) is 0.950. The summed E-state index contributed by atoms with van der Waals surface area (Å²) in [4.78, 5) is 21.1. The number of ether oxygens (including phenoxy) is 3. The molecule has 0 saturated carbocycles. The van der Waals surface area contributed by atoms with Crippen molar-refractivity contribution in [2.45, 2.75) is 84.2 Å². The van der Waals surface area contributed by atoms with Gasteiger partial charge in [0.2, 0.25) is 0 Å². The first-order valence-electron chi connectivity index (χ1n) is 11.0. The van der Waals surface area contributed by atoms with Crippen LogP contribution in [-0.2, 0) is 27.8 Å². The molecule has 0 radical (unpaired) electrons. The van der Waals surface area contributed by atoms with Gasteiger partial charge in [-0.05, 0) is 13.3 Å². The maximum Gasteiger partial charge on any atom is 0.508 e. The van der Waals surface area contributed by atoms with Gasteiger partial charge in [0, 0.05) is 11.9 Å². The van der Waals surface area contributed by atoms with Crippen LogP contribution in [0.25, 0.3) is 0 Å². The third-order valence-corrected chi connectivity index (χ3v) is 5.53. The summed E-state index contributed by atoms with van der Waals surface area (Å²) < 4.78 is 36.7. The maximum absolute atomic E-state index is 11.7. The first-order chi connectivity index (χ1) is 14.4. The number of carbonyl (C=O) groups is 1. The van der Waals surface area contributed by atoms with Crippen molar-refractivity contribution in [1.29, 1.82) is 0 Å². The van der Waals surface area contributed by atoms with Crippen LogP contribution in [0.5, 0.6) is 0 Å². The summed E-state index contributed by atoms with van der Waals surface area (Å²) in [7, 11) is -4.21. The van der Waals surface area contributed by atoms with Crippen LogP contribution in [0.3, 0.4) is 0 Å². The second kappa shape index (κ2) is 20.7. The van der Waals surface area contributed by atoms with Gasteiger partial charge in [0.1, 0.15) is 0 Å². The summed E-state index contributed by atoms with van der Waals surface area (Å²) in [6, 6.07) is 0. The van der Waals surface area contributed by atoms with Crippen LogP contribution in [0.1, 0.15) is 78.1 Å². The number of phosphoric acid groups is 1. The number of carbonyl (C=O) groups excluding carboxylic acids is 1. The summed E-state index contributed by atoms with van der Waals surface area (Å²) in [6.07, 6.45) is 10.6. The fourth-order valence-electron chi connectivity index (χ4n) is 2.67. The van der Waals surface area contributed by atoms with E-state index in [0.717, 1.165) is 12.8 Å². The number of unbranched alkanes of at least 4 members (excludes halogenated alkanes) is 9. The van der Waals surface area contributed by atoms with Gasteiger partial charge < -0.3 is 19.1 Å². The van der Waals surface area contributed by atoms with Crippen molar-refractivity contribution < 1.29 is 37.5 Å². The Morgan fingerprint density at radius 1 is 0.900 bits per heavy atom. The molecule has 10 heteroatoms. The van der Waals surface area contributed by atoms with Gasteiger partial charge in [-0.2, -0.15) is 0 Å². The van der Waals surface area contributed by atoms with Gasteiger partial charge in [-0.1, -0.05) is 80.6 Å².